The van der Waals surface area contributed by atoms with Gasteiger partial charge in [0.1, 0.15) is 11.9 Å². The number of hydrogen-bond donors (Lipinski definition) is 0. The highest BCUT2D eigenvalue weighted by atomic mass is 19.4. The molecule has 0 N–H and O–H groups in total. The van der Waals surface area contributed by atoms with Crippen molar-refractivity contribution in [1.82, 2.24) is 0 Å². The number of unbranched alkanes of at least 4 members (excludes halogenated alkanes) is 3. The van der Waals surface area contributed by atoms with Crippen molar-refractivity contribution in [1.29, 1.82) is 0 Å². The van der Waals surface area contributed by atoms with E-state index in [2.05, 4.69) is 13.8 Å². The highest BCUT2D eigenvalue weighted by Gasteiger charge is 2.45. The summed E-state index contributed by atoms with van der Waals surface area (Å²) in [5.74, 6) is -1.45. The summed E-state index contributed by atoms with van der Waals surface area (Å²) in [6.07, 6.45) is -3.86. The van der Waals surface area contributed by atoms with Gasteiger partial charge >= 0.3 is 18.1 Å². The molecule has 8 heteroatoms. The van der Waals surface area contributed by atoms with Gasteiger partial charge in [-0.3, -0.25) is 4.79 Å². The molecule has 1 aliphatic rings. The first-order chi connectivity index (χ1) is 21.6. The lowest BCUT2D eigenvalue weighted by Crippen LogP contribution is -2.39. The lowest BCUT2D eigenvalue weighted by Gasteiger charge is -2.33. The van der Waals surface area contributed by atoms with Gasteiger partial charge in [-0.25, -0.2) is 4.79 Å². The van der Waals surface area contributed by atoms with Gasteiger partial charge in [0.15, 0.2) is 6.10 Å². The predicted molar refractivity (Wildman–Crippen MR) is 168 cm³/mol. The van der Waals surface area contributed by atoms with Crippen LogP contribution in [-0.2, 0) is 20.7 Å². The molecule has 0 aromatic heterocycles. The van der Waals surface area contributed by atoms with Crippen LogP contribution in [0.2, 0.25) is 0 Å². The van der Waals surface area contributed by atoms with E-state index in [9.17, 15) is 22.8 Å². The number of aryl methyl sites for hydroxylation is 1. The number of carbonyl (C=O) groups is 2. The Morgan fingerprint density at radius 3 is 2.20 bits per heavy atom. The van der Waals surface area contributed by atoms with Crippen LogP contribution in [0.25, 0.3) is 11.1 Å². The van der Waals surface area contributed by atoms with Crippen molar-refractivity contribution in [2.75, 3.05) is 6.61 Å². The average molecular weight is 625 g/mol. The van der Waals surface area contributed by atoms with Crippen molar-refractivity contribution in [3.05, 3.63) is 89.5 Å². The van der Waals surface area contributed by atoms with Crippen LogP contribution in [-0.4, -0.2) is 30.8 Å². The Labute approximate surface area is 264 Å². The number of ether oxygens (including phenoxy) is 3. The van der Waals surface area contributed by atoms with E-state index in [1.165, 1.54) is 0 Å². The molecular formula is C37H43F3O5. The van der Waals surface area contributed by atoms with Crippen molar-refractivity contribution in [3.63, 3.8) is 0 Å². The number of rotatable bonds is 14. The lowest BCUT2D eigenvalue weighted by atomic mass is 9.81. The van der Waals surface area contributed by atoms with Crippen LogP contribution in [0.3, 0.4) is 0 Å². The zero-order valence-electron chi connectivity index (χ0n) is 26.3. The lowest BCUT2D eigenvalue weighted by molar-refractivity contribution is -0.227. The Morgan fingerprint density at radius 2 is 1.56 bits per heavy atom. The molecule has 0 spiro atoms. The number of fused-ring (bicyclic) bond motifs is 1. The third kappa shape index (κ3) is 9.35. The molecule has 0 aliphatic heterocycles. The summed E-state index contributed by atoms with van der Waals surface area (Å²) in [6, 6.07) is 21.8. The highest BCUT2D eigenvalue weighted by Crippen LogP contribution is 2.40. The third-order valence-electron chi connectivity index (χ3n) is 8.47. The monoisotopic (exact) mass is 624 g/mol. The first-order valence-corrected chi connectivity index (χ1v) is 16.0. The van der Waals surface area contributed by atoms with Crippen LogP contribution in [0.1, 0.15) is 93.3 Å². The molecule has 45 heavy (non-hydrogen) atoms. The van der Waals surface area contributed by atoms with Crippen LogP contribution in [0.4, 0.5) is 13.2 Å². The van der Waals surface area contributed by atoms with Crippen molar-refractivity contribution in [2.24, 2.45) is 11.8 Å². The molecule has 0 saturated heterocycles. The molecule has 0 radical (unpaired) electrons. The molecule has 2 unspecified atom stereocenters. The molecule has 0 heterocycles. The molecular weight excluding hydrogens is 581 g/mol. The fourth-order valence-electron chi connectivity index (χ4n) is 5.46. The Hall–Kier alpha value is -3.81. The maximum absolute atomic E-state index is 13.8. The first-order valence-electron chi connectivity index (χ1n) is 16.0. The second-order valence-corrected chi connectivity index (χ2v) is 11.9. The highest BCUT2D eigenvalue weighted by molar-refractivity contribution is 5.90. The van der Waals surface area contributed by atoms with Crippen molar-refractivity contribution in [3.8, 4) is 16.9 Å². The zero-order valence-corrected chi connectivity index (χ0v) is 26.3. The number of benzene rings is 3. The Kier molecular flexibility index (Phi) is 12.1. The average Bonchev–Trinajstić information content (AvgIpc) is 3.04. The van der Waals surface area contributed by atoms with Gasteiger partial charge < -0.3 is 14.2 Å². The van der Waals surface area contributed by atoms with Gasteiger partial charge in [-0.15, -0.1) is 0 Å². The van der Waals surface area contributed by atoms with Gasteiger partial charge in [-0.05, 0) is 78.1 Å². The quantitative estimate of drug-likeness (QED) is 0.132. The molecule has 0 saturated carbocycles. The largest absolute Gasteiger partial charge is 0.493 e. The fourth-order valence-corrected chi connectivity index (χ4v) is 5.46. The van der Waals surface area contributed by atoms with Gasteiger partial charge in [0.2, 0.25) is 0 Å². The van der Waals surface area contributed by atoms with Crippen LogP contribution in [0.15, 0.2) is 72.8 Å². The first kappa shape index (κ1) is 34.1. The molecule has 0 bridgehead atoms. The van der Waals surface area contributed by atoms with Crippen molar-refractivity contribution >= 4 is 11.9 Å². The van der Waals surface area contributed by atoms with Crippen LogP contribution in [0.5, 0.6) is 5.75 Å². The third-order valence-corrected chi connectivity index (χ3v) is 8.47. The summed E-state index contributed by atoms with van der Waals surface area (Å²) < 4.78 is 58.3. The summed E-state index contributed by atoms with van der Waals surface area (Å²) in [6.45, 7) is 6.89. The molecule has 4 atom stereocenters. The zero-order chi connectivity index (χ0) is 32.4. The minimum Gasteiger partial charge on any atom is -0.493 e. The maximum atomic E-state index is 13.8. The van der Waals surface area contributed by atoms with E-state index in [1.807, 2.05) is 43.3 Å². The number of esters is 2. The molecule has 5 nitrogen and oxygen atoms in total. The Balaban J connectivity index is 1.47. The summed E-state index contributed by atoms with van der Waals surface area (Å²) in [5.41, 5.74) is 3.60. The van der Waals surface area contributed by atoms with Gasteiger partial charge in [0, 0.05) is 0 Å². The summed E-state index contributed by atoms with van der Waals surface area (Å²) in [4.78, 5) is 26.6. The summed E-state index contributed by atoms with van der Waals surface area (Å²) in [7, 11) is 0. The van der Waals surface area contributed by atoms with E-state index in [0.29, 0.717) is 37.4 Å². The minimum atomic E-state index is -4.68. The summed E-state index contributed by atoms with van der Waals surface area (Å²) >= 11 is 0. The molecule has 3 aromatic carbocycles. The molecule has 0 fully saturated rings. The van der Waals surface area contributed by atoms with Gasteiger partial charge in [-0.2, -0.15) is 13.2 Å². The van der Waals surface area contributed by atoms with E-state index >= 15 is 0 Å². The number of carbonyl (C=O) groups excluding carboxylic acids is 2. The van der Waals surface area contributed by atoms with Crippen molar-refractivity contribution in [2.45, 2.75) is 90.5 Å². The maximum Gasteiger partial charge on any atom is 0.425 e. The van der Waals surface area contributed by atoms with E-state index < -0.39 is 36.2 Å². The normalized spacial score (nSPS) is 17.6. The second-order valence-electron chi connectivity index (χ2n) is 11.9. The minimum absolute atomic E-state index is 0.213. The SMILES string of the molecule is CCCCCC[C@@H](OC(=O)C1CCc2ccccc2C1OC(=O)c1ccc(-c2ccc(OC[C@@H](C)CC)cc2)cc1)C(F)(F)F. The standard InChI is InChI=1S/C37H43F3O5/c1-4-6-7-8-13-33(37(38,39)40)44-36(42)32-23-20-28-11-9-10-12-31(28)34(32)45-35(41)29-16-14-26(15-17-29)27-18-21-30(22-19-27)43-24-25(3)5-2/h9-12,14-19,21-22,25,32-34H,4-8,13,20,23-24H2,1-3H3/t25-,32?,33+,34?/m0/s1. The Bertz CT molecular complexity index is 1380. The molecule has 242 valence electrons. The van der Waals surface area contributed by atoms with Crippen LogP contribution >= 0.6 is 0 Å². The number of hydrogen-bond acceptors (Lipinski definition) is 5. The second kappa shape index (κ2) is 16.0. The van der Waals surface area contributed by atoms with Gasteiger partial charge in [0.25, 0.3) is 0 Å². The van der Waals surface area contributed by atoms with Crippen LogP contribution < -0.4 is 4.74 Å². The van der Waals surface area contributed by atoms with E-state index in [4.69, 9.17) is 14.2 Å². The molecule has 0 amide bonds. The molecule has 1 aliphatic carbocycles. The van der Waals surface area contributed by atoms with E-state index in [1.54, 1.807) is 36.4 Å². The van der Waals surface area contributed by atoms with E-state index in [0.717, 1.165) is 41.7 Å². The smallest absolute Gasteiger partial charge is 0.425 e. The van der Waals surface area contributed by atoms with Gasteiger partial charge in [0.05, 0.1) is 18.1 Å². The summed E-state index contributed by atoms with van der Waals surface area (Å²) in [5, 5.41) is 0. The fraction of sp³-hybridized carbons (Fsp3) is 0.459. The van der Waals surface area contributed by atoms with Gasteiger partial charge in [-0.1, -0.05) is 95.0 Å². The molecule has 4 rings (SSSR count). The van der Waals surface area contributed by atoms with E-state index in [-0.39, 0.29) is 18.4 Å². The van der Waals surface area contributed by atoms with Crippen LogP contribution in [0, 0.1) is 11.8 Å². The molecule has 3 aromatic rings. The number of halogens is 3. The van der Waals surface area contributed by atoms with Crippen molar-refractivity contribution < 1.29 is 37.0 Å². The Morgan fingerprint density at radius 1 is 0.889 bits per heavy atom. The predicted octanol–water partition coefficient (Wildman–Crippen LogP) is 9.68. The topological polar surface area (TPSA) is 61.8 Å². The number of alkyl halides is 3.